The summed E-state index contributed by atoms with van der Waals surface area (Å²) in [7, 11) is 1.83. The molecule has 2 aromatic rings. The highest BCUT2D eigenvalue weighted by Gasteiger charge is 2.22. The summed E-state index contributed by atoms with van der Waals surface area (Å²) in [6, 6.07) is 7.75. The molecule has 3 rings (SSSR count). The second-order valence-electron chi connectivity index (χ2n) is 6.27. The van der Waals surface area contributed by atoms with E-state index in [1.807, 2.05) is 36.2 Å². The summed E-state index contributed by atoms with van der Waals surface area (Å²) in [5.74, 6) is 2.60. The van der Waals surface area contributed by atoms with Crippen LogP contribution in [-0.4, -0.2) is 65.5 Å². The first-order chi connectivity index (χ1) is 12.7. The van der Waals surface area contributed by atoms with Gasteiger partial charge in [0.1, 0.15) is 23.8 Å². The fraction of sp³-hybridized carbons (Fsp3) is 0.444. The van der Waals surface area contributed by atoms with Gasteiger partial charge in [0.2, 0.25) is 5.91 Å². The van der Waals surface area contributed by atoms with Crippen molar-refractivity contribution in [3.05, 3.63) is 36.8 Å². The molecular weight excluding hydrogens is 330 g/mol. The number of likely N-dealkylation sites (N-methyl/N-ethyl adjacent to an activating group) is 1. The zero-order valence-corrected chi connectivity index (χ0v) is 15.1. The molecule has 3 heterocycles. The van der Waals surface area contributed by atoms with Gasteiger partial charge in [-0.05, 0) is 25.0 Å². The average Bonchev–Trinajstić information content (AvgIpc) is 2.68. The van der Waals surface area contributed by atoms with Crippen LogP contribution in [0.2, 0.25) is 0 Å². The Morgan fingerprint density at radius 2 is 1.85 bits per heavy atom. The number of hydrogen-bond donors (Lipinski definition) is 2. The number of amides is 1. The Kier molecular flexibility index (Phi) is 6.19. The van der Waals surface area contributed by atoms with E-state index in [2.05, 4.69) is 25.6 Å². The zero-order valence-electron chi connectivity index (χ0n) is 15.1. The van der Waals surface area contributed by atoms with E-state index in [9.17, 15) is 4.79 Å². The number of aromatic nitrogens is 3. The maximum absolute atomic E-state index is 11.9. The predicted molar refractivity (Wildman–Crippen MR) is 102 cm³/mol. The molecule has 0 atom stereocenters. The predicted octanol–water partition coefficient (Wildman–Crippen LogP) is 1.45. The standard InChI is InChI=1S/C18H25N7O/c1-24-10-11-25(13-18(24)26)17-12-16(22-14-23-17)21-9-5-4-8-20-15-6-2-3-7-19-15/h2-3,6-7,12,14H,4-5,8-11,13H2,1H3,(H,19,20)(H,21,22,23). The van der Waals surface area contributed by atoms with Gasteiger partial charge in [-0.3, -0.25) is 4.79 Å². The average molecular weight is 355 g/mol. The van der Waals surface area contributed by atoms with Crippen molar-refractivity contribution < 1.29 is 4.79 Å². The Morgan fingerprint density at radius 1 is 1.04 bits per heavy atom. The van der Waals surface area contributed by atoms with Gasteiger partial charge in [-0.15, -0.1) is 0 Å². The van der Waals surface area contributed by atoms with Crippen molar-refractivity contribution in [2.45, 2.75) is 12.8 Å². The second-order valence-corrected chi connectivity index (χ2v) is 6.27. The topological polar surface area (TPSA) is 86.3 Å². The molecule has 0 bridgehead atoms. The summed E-state index contributed by atoms with van der Waals surface area (Å²) in [5, 5.41) is 6.62. The van der Waals surface area contributed by atoms with E-state index in [-0.39, 0.29) is 5.91 Å². The Balaban J connectivity index is 1.39. The van der Waals surface area contributed by atoms with Crippen LogP contribution in [-0.2, 0) is 4.79 Å². The first kappa shape index (κ1) is 17.9. The van der Waals surface area contributed by atoms with Gasteiger partial charge >= 0.3 is 0 Å². The molecule has 1 amide bonds. The van der Waals surface area contributed by atoms with Crippen molar-refractivity contribution >= 4 is 23.4 Å². The van der Waals surface area contributed by atoms with Crippen molar-refractivity contribution in [2.75, 3.05) is 55.3 Å². The highest BCUT2D eigenvalue weighted by molar-refractivity contribution is 5.82. The normalized spacial score (nSPS) is 14.4. The molecule has 0 aliphatic carbocycles. The van der Waals surface area contributed by atoms with Gasteiger partial charge in [-0.2, -0.15) is 0 Å². The summed E-state index contributed by atoms with van der Waals surface area (Å²) in [6.07, 6.45) is 5.38. The van der Waals surface area contributed by atoms with E-state index in [4.69, 9.17) is 0 Å². The molecule has 1 aliphatic heterocycles. The number of unbranched alkanes of at least 4 members (excludes halogenated alkanes) is 1. The van der Waals surface area contributed by atoms with Crippen LogP contribution in [0.3, 0.4) is 0 Å². The minimum atomic E-state index is 0.116. The third-order valence-corrected chi connectivity index (χ3v) is 4.31. The van der Waals surface area contributed by atoms with Crippen molar-refractivity contribution in [1.29, 1.82) is 0 Å². The van der Waals surface area contributed by atoms with Crippen molar-refractivity contribution in [3.8, 4) is 0 Å². The van der Waals surface area contributed by atoms with E-state index >= 15 is 0 Å². The van der Waals surface area contributed by atoms with Gasteiger partial charge in [0.15, 0.2) is 0 Å². The molecule has 0 unspecified atom stereocenters. The van der Waals surface area contributed by atoms with Crippen LogP contribution >= 0.6 is 0 Å². The molecule has 8 heteroatoms. The summed E-state index contributed by atoms with van der Waals surface area (Å²) in [6.45, 7) is 3.60. The van der Waals surface area contributed by atoms with Gasteiger partial charge in [-0.25, -0.2) is 15.0 Å². The highest BCUT2D eigenvalue weighted by Crippen LogP contribution is 2.16. The fourth-order valence-electron chi connectivity index (χ4n) is 2.72. The molecule has 0 spiro atoms. The van der Waals surface area contributed by atoms with Gasteiger partial charge in [-0.1, -0.05) is 6.07 Å². The Bertz CT molecular complexity index is 710. The lowest BCUT2D eigenvalue weighted by Crippen LogP contribution is -2.48. The Morgan fingerprint density at radius 3 is 2.58 bits per heavy atom. The SMILES string of the molecule is CN1CCN(c2cc(NCCCCNc3ccccn3)ncn2)CC1=O. The van der Waals surface area contributed by atoms with E-state index in [0.29, 0.717) is 6.54 Å². The first-order valence-electron chi connectivity index (χ1n) is 8.92. The van der Waals surface area contributed by atoms with Crippen LogP contribution < -0.4 is 15.5 Å². The maximum atomic E-state index is 11.9. The quantitative estimate of drug-likeness (QED) is 0.693. The largest absolute Gasteiger partial charge is 0.370 e. The number of carbonyl (C=O) groups excluding carboxylic acids is 1. The van der Waals surface area contributed by atoms with E-state index in [1.54, 1.807) is 17.4 Å². The molecule has 0 radical (unpaired) electrons. The van der Waals surface area contributed by atoms with Crippen molar-refractivity contribution in [1.82, 2.24) is 19.9 Å². The Hall–Kier alpha value is -2.90. The lowest BCUT2D eigenvalue weighted by Gasteiger charge is -2.32. The highest BCUT2D eigenvalue weighted by atomic mass is 16.2. The smallest absolute Gasteiger partial charge is 0.241 e. The molecule has 0 saturated carbocycles. The molecule has 2 aromatic heterocycles. The third-order valence-electron chi connectivity index (χ3n) is 4.31. The summed E-state index contributed by atoms with van der Waals surface area (Å²) >= 11 is 0. The molecule has 26 heavy (non-hydrogen) atoms. The number of hydrogen-bond acceptors (Lipinski definition) is 7. The minimum Gasteiger partial charge on any atom is -0.370 e. The molecule has 0 aromatic carbocycles. The summed E-state index contributed by atoms with van der Waals surface area (Å²) < 4.78 is 0. The molecule has 1 saturated heterocycles. The van der Waals surface area contributed by atoms with Gasteiger partial charge in [0.25, 0.3) is 0 Å². The van der Waals surface area contributed by atoms with Gasteiger partial charge < -0.3 is 20.4 Å². The van der Waals surface area contributed by atoms with Gasteiger partial charge in [0.05, 0.1) is 6.54 Å². The monoisotopic (exact) mass is 355 g/mol. The van der Waals surface area contributed by atoms with Crippen molar-refractivity contribution in [3.63, 3.8) is 0 Å². The van der Waals surface area contributed by atoms with Crippen LogP contribution in [0.1, 0.15) is 12.8 Å². The lowest BCUT2D eigenvalue weighted by molar-refractivity contribution is -0.129. The summed E-state index contributed by atoms with van der Waals surface area (Å²) in [5.41, 5.74) is 0. The molecular formula is C18H25N7O. The molecule has 1 aliphatic rings. The van der Waals surface area contributed by atoms with Crippen LogP contribution in [0.15, 0.2) is 36.8 Å². The first-order valence-corrected chi connectivity index (χ1v) is 8.92. The number of nitrogens with one attached hydrogen (secondary N) is 2. The third kappa shape index (κ3) is 5.05. The van der Waals surface area contributed by atoms with Crippen LogP contribution in [0.5, 0.6) is 0 Å². The fourth-order valence-corrected chi connectivity index (χ4v) is 2.72. The van der Waals surface area contributed by atoms with Crippen molar-refractivity contribution in [2.24, 2.45) is 0 Å². The number of piperazine rings is 1. The van der Waals surface area contributed by atoms with Crippen LogP contribution in [0.25, 0.3) is 0 Å². The maximum Gasteiger partial charge on any atom is 0.241 e. The summed E-state index contributed by atoms with van der Waals surface area (Å²) in [4.78, 5) is 28.4. The van der Waals surface area contributed by atoms with Crippen LogP contribution in [0.4, 0.5) is 17.5 Å². The molecule has 138 valence electrons. The number of anilines is 3. The number of carbonyl (C=O) groups is 1. The van der Waals surface area contributed by atoms with E-state index in [1.165, 1.54) is 0 Å². The molecule has 2 N–H and O–H groups in total. The molecule has 8 nitrogen and oxygen atoms in total. The lowest BCUT2D eigenvalue weighted by atomic mass is 10.3. The second kappa shape index (κ2) is 8.98. The minimum absolute atomic E-state index is 0.116. The van der Waals surface area contributed by atoms with Gasteiger partial charge in [0, 0.05) is 45.5 Å². The number of rotatable bonds is 8. The Labute approximate surface area is 153 Å². The number of pyridine rings is 1. The zero-order chi connectivity index (χ0) is 18.2. The van der Waals surface area contributed by atoms with E-state index < -0.39 is 0 Å². The molecule has 1 fully saturated rings. The van der Waals surface area contributed by atoms with Crippen LogP contribution in [0, 0.1) is 0 Å². The number of nitrogens with zero attached hydrogens (tertiary/aromatic N) is 5. The van der Waals surface area contributed by atoms with E-state index in [0.717, 1.165) is 56.5 Å².